The second kappa shape index (κ2) is 8.68. The Kier molecular flexibility index (Phi) is 8.20. The Labute approximate surface area is 167 Å². The molecule has 0 saturated carbocycles. The van der Waals surface area contributed by atoms with Gasteiger partial charge in [0.25, 0.3) is 0 Å². The quantitative estimate of drug-likeness (QED) is 0.196. The summed E-state index contributed by atoms with van der Waals surface area (Å²) < 4.78 is 175. The summed E-state index contributed by atoms with van der Waals surface area (Å²) in [5.41, 5.74) is -0.453. The fraction of sp³-hybridized carbons (Fsp3) is 0.812. The summed E-state index contributed by atoms with van der Waals surface area (Å²) >= 11 is 0. The maximum Gasteiger partial charge on any atom is 0.460 e. The zero-order valence-electron chi connectivity index (χ0n) is 16.0. The first-order valence-electron chi connectivity index (χ1n) is 8.19. The molecular weight excluding hydrogens is 471 g/mol. The molecule has 0 bridgehead atoms. The molecule has 0 aliphatic heterocycles. The third-order valence-corrected chi connectivity index (χ3v) is 3.84. The standard InChI is InChI=1S/C16H17F13O2/c1-7(2)5-9(31-10(30)8(3)4)6-11(17,18)12(19,20)13(21,22)14(23,24)15(25,26)16(27,28)29/h7,9H,3,5-6H2,1-2,4H3. The van der Waals surface area contributed by atoms with Crippen LogP contribution >= 0.6 is 0 Å². The van der Waals surface area contributed by atoms with Gasteiger partial charge < -0.3 is 4.74 Å². The van der Waals surface area contributed by atoms with Gasteiger partial charge in [-0.15, -0.1) is 0 Å². The number of halogens is 13. The lowest BCUT2D eigenvalue weighted by atomic mass is 9.90. The smallest absolute Gasteiger partial charge is 0.459 e. The van der Waals surface area contributed by atoms with Crippen LogP contribution in [-0.4, -0.2) is 47.9 Å². The molecule has 0 amide bonds. The van der Waals surface area contributed by atoms with E-state index in [0.29, 0.717) is 0 Å². The molecule has 31 heavy (non-hydrogen) atoms. The van der Waals surface area contributed by atoms with Gasteiger partial charge in [0.05, 0.1) is 6.42 Å². The topological polar surface area (TPSA) is 26.3 Å². The van der Waals surface area contributed by atoms with Crippen LogP contribution in [0, 0.1) is 5.92 Å². The van der Waals surface area contributed by atoms with Crippen LogP contribution in [0.1, 0.15) is 33.6 Å². The van der Waals surface area contributed by atoms with E-state index in [9.17, 15) is 61.9 Å². The molecule has 0 saturated heterocycles. The maximum atomic E-state index is 14.0. The summed E-state index contributed by atoms with van der Waals surface area (Å²) in [4.78, 5) is 11.4. The van der Waals surface area contributed by atoms with Gasteiger partial charge in [-0.25, -0.2) is 4.79 Å². The summed E-state index contributed by atoms with van der Waals surface area (Å²) in [5, 5.41) is 0. The van der Waals surface area contributed by atoms with Crippen molar-refractivity contribution in [1.82, 2.24) is 0 Å². The van der Waals surface area contributed by atoms with Crippen molar-refractivity contribution in [3.8, 4) is 0 Å². The third-order valence-electron chi connectivity index (χ3n) is 3.84. The van der Waals surface area contributed by atoms with Crippen molar-refractivity contribution < 1.29 is 66.6 Å². The largest absolute Gasteiger partial charge is 0.460 e. The molecule has 15 heteroatoms. The Hall–Kier alpha value is -1.70. The van der Waals surface area contributed by atoms with Crippen LogP contribution in [0.15, 0.2) is 12.2 Å². The predicted octanol–water partition coefficient (Wildman–Crippen LogP) is 6.65. The number of alkyl halides is 13. The van der Waals surface area contributed by atoms with Crippen molar-refractivity contribution in [3.05, 3.63) is 12.2 Å². The molecule has 0 aromatic heterocycles. The predicted molar refractivity (Wildman–Crippen MR) is 79.6 cm³/mol. The van der Waals surface area contributed by atoms with Crippen LogP contribution in [0.5, 0.6) is 0 Å². The lowest BCUT2D eigenvalue weighted by Crippen LogP contribution is -2.70. The number of hydrogen-bond donors (Lipinski definition) is 0. The molecule has 0 aliphatic carbocycles. The van der Waals surface area contributed by atoms with Crippen LogP contribution in [0.2, 0.25) is 0 Å². The highest BCUT2D eigenvalue weighted by Gasteiger charge is 2.90. The summed E-state index contributed by atoms with van der Waals surface area (Å²) in [6, 6.07) is 0. The summed E-state index contributed by atoms with van der Waals surface area (Å²) in [6.45, 7) is 6.55. The number of carbonyl (C=O) groups excluding carboxylic acids is 1. The number of rotatable bonds is 10. The molecule has 2 nitrogen and oxygen atoms in total. The van der Waals surface area contributed by atoms with Gasteiger partial charge in [-0.2, -0.15) is 57.1 Å². The van der Waals surface area contributed by atoms with Crippen molar-refractivity contribution in [2.45, 2.75) is 75.5 Å². The Morgan fingerprint density at radius 1 is 0.774 bits per heavy atom. The average Bonchev–Trinajstić information content (AvgIpc) is 2.51. The van der Waals surface area contributed by atoms with Gasteiger partial charge >= 0.3 is 41.8 Å². The van der Waals surface area contributed by atoms with Crippen LogP contribution in [0.4, 0.5) is 57.1 Å². The van der Waals surface area contributed by atoms with Crippen molar-refractivity contribution >= 4 is 5.97 Å². The molecule has 0 aromatic carbocycles. The normalized spacial score (nSPS) is 15.8. The molecule has 0 spiro atoms. The Balaban J connectivity index is 6.23. The first-order valence-corrected chi connectivity index (χ1v) is 8.19. The van der Waals surface area contributed by atoms with Crippen molar-refractivity contribution in [3.63, 3.8) is 0 Å². The summed E-state index contributed by atoms with van der Waals surface area (Å²) in [6.07, 6.45) is -13.1. The van der Waals surface area contributed by atoms with Gasteiger partial charge in [-0.1, -0.05) is 20.4 Å². The van der Waals surface area contributed by atoms with Gasteiger partial charge in [-0.3, -0.25) is 0 Å². The minimum Gasteiger partial charge on any atom is -0.459 e. The minimum absolute atomic E-state index is 0.453. The van der Waals surface area contributed by atoms with Crippen molar-refractivity contribution in [1.29, 1.82) is 0 Å². The number of esters is 1. The van der Waals surface area contributed by atoms with Gasteiger partial charge in [-0.05, 0) is 19.3 Å². The van der Waals surface area contributed by atoms with E-state index in [1.165, 1.54) is 13.8 Å². The second-order valence-electron chi connectivity index (χ2n) is 7.14. The second-order valence-corrected chi connectivity index (χ2v) is 7.14. The third kappa shape index (κ3) is 5.38. The minimum atomic E-state index is -7.97. The average molecular weight is 488 g/mol. The molecular formula is C16H17F13O2. The molecule has 0 rings (SSSR count). The lowest BCUT2D eigenvalue weighted by Gasteiger charge is -2.40. The van der Waals surface area contributed by atoms with E-state index < -0.39 is 72.2 Å². The van der Waals surface area contributed by atoms with Crippen molar-refractivity contribution in [2.24, 2.45) is 5.92 Å². The van der Waals surface area contributed by atoms with Crippen LogP contribution in [-0.2, 0) is 9.53 Å². The molecule has 0 fully saturated rings. The van der Waals surface area contributed by atoms with E-state index in [2.05, 4.69) is 11.3 Å². The molecule has 0 aromatic rings. The molecule has 1 atom stereocenters. The molecule has 0 aliphatic rings. The number of ether oxygens (including phenoxy) is 1. The van der Waals surface area contributed by atoms with E-state index >= 15 is 0 Å². The number of hydrogen-bond acceptors (Lipinski definition) is 2. The molecule has 0 radical (unpaired) electrons. The zero-order valence-corrected chi connectivity index (χ0v) is 16.0. The van der Waals surface area contributed by atoms with E-state index in [4.69, 9.17) is 0 Å². The highest BCUT2D eigenvalue weighted by molar-refractivity contribution is 5.87. The molecule has 0 N–H and O–H groups in total. The fourth-order valence-corrected chi connectivity index (χ4v) is 2.17. The van der Waals surface area contributed by atoms with E-state index in [1.54, 1.807) is 0 Å². The van der Waals surface area contributed by atoms with Gasteiger partial charge in [0, 0.05) is 5.57 Å². The van der Waals surface area contributed by atoms with Gasteiger partial charge in [0.1, 0.15) is 6.10 Å². The first kappa shape index (κ1) is 29.3. The SMILES string of the molecule is C=C(C)C(=O)OC(CC(C)C)CC(F)(F)C(F)(F)C(F)(F)C(F)(F)C(F)(F)C(F)(F)F. The van der Waals surface area contributed by atoms with E-state index in [1.807, 2.05) is 0 Å². The Morgan fingerprint density at radius 3 is 1.48 bits per heavy atom. The van der Waals surface area contributed by atoms with Crippen LogP contribution in [0.25, 0.3) is 0 Å². The Morgan fingerprint density at radius 2 is 1.16 bits per heavy atom. The molecule has 1 unspecified atom stereocenters. The van der Waals surface area contributed by atoms with Gasteiger partial charge in [0.15, 0.2) is 0 Å². The van der Waals surface area contributed by atoms with Crippen molar-refractivity contribution in [2.75, 3.05) is 0 Å². The number of carbonyl (C=O) groups is 1. The van der Waals surface area contributed by atoms with Crippen LogP contribution < -0.4 is 0 Å². The maximum absolute atomic E-state index is 14.0. The highest BCUT2D eigenvalue weighted by Crippen LogP contribution is 2.60. The zero-order chi connectivity index (χ0) is 25.4. The Bertz CT molecular complexity index is 665. The summed E-state index contributed by atoms with van der Waals surface area (Å²) in [7, 11) is 0. The summed E-state index contributed by atoms with van der Waals surface area (Å²) in [5.74, 6) is -39.5. The first-order chi connectivity index (χ1) is 13.4. The lowest BCUT2D eigenvalue weighted by molar-refractivity contribution is -0.440. The highest BCUT2D eigenvalue weighted by atomic mass is 19.4. The van der Waals surface area contributed by atoms with E-state index in [0.717, 1.165) is 6.92 Å². The fourth-order valence-electron chi connectivity index (χ4n) is 2.17. The van der Waals surface area contributed by atoms with Gasteiger partial charge in [0.2, 0.25) is 0 Å². The van der Waals surface area contributed by atoms with E-state index in [-0.39, 0.29) is 0 Å². The molecule has 184 valence electrons. The monoisotopic (exact) mass is 488 g/mol. The van der Waals surface area contributed by atoms with Crippen LogP contribution in [0.3, 0.4) is 0 Å². The molecule has 0 heterocycles.